The van der Waals surface area contributed by atoms with E-state index in [2.05, 4.69) is 22.5 Å². The minimum absolute atomic E-state index is 0.0869. The normalized spacial score (nSPS) is 19.7. The number of rotatable bonds is 4. The maximum Gasteiger partial charge on any atom is 0.410 e. The van der Waals surface area contributed by atoms with Crippen LogP contribution in [0.5, 0.6) is 0 Å². The van der Waals surface area contributed by atoms with E-state index in [9.17, 15) is 9.90 Å². The summed E-state index contributed by atoms with van der Waals surface area (Å²) in [7, 11) is 1.85. The van der Waals surface area contributed by atoms with Gasteiger partial charge in [0.15, 0.2) is 34.1 Å². The highest BCUT2D eigenvalue weighted by Crippen LogP contribution is 2.42. The number of imidazole rings is 1. The third-order valence-electron chi connectivity index (χ3n) is 7.52. The van der Waals surface area contributed by atoms with Gasteiger partial charge in [-0.2, -0.15) is 0 Å². The maximum atomic E-state index is 12.5. The zero-order chi connectivity index (χ0) is 27.6. The van der Waals surface area contributed by atoms with Crippen molar-refractivity contribution in [1.82, 2.24) is 24.4 Å². The first-order valence-corrected chi connectivity index (χ1v) is 13.5. The summed E-state index contributed by atoms with van der Waals surface area (Å²) in [6.07, 6.45) is 0.236. The fourth-order valence-electron chi connectivity index (χ4n) is 5.47. The third kappa shape index (κ3) is 4.31. The number of carbonyl (C=O) groups excluding carboxylic acids is 1. The van der Waals surface area contributed by atoms with E-state index in [1.807, 2.05) is 56.7 Å². The van der Waals surface area contributed by atoms with Gasteiger partial charge >= 0.3 is 6.09 Å². The predicted octanol–water partition coefficient (Wildman–Crippen LogP) is 2.74. The van der Waals surface area contributed by atoms with Crippen molar-refractivity contribution >= 4 is 34.4 Å². The molecule has 0 radical (unpaired) electrons. The van der Waals surface area contributed by atoms with Gasteiger partial charge in [-0.15, -0.1) is 0 Å². The molecule has 0 bridgehead atoms. The Morgan fingerprint density at radius 3 is 2.33 bits per heavy atom. The lowest BCUT2D eigenvalue weighted by atomic mass is 9.93. The number of amides is 1. The molecule has 0 saturated carbocycles. The number of ether oxygens (including phenoxy) is 2. The van der Waals surface area contributed by atoms with E-state index < -0.39 is 23.0 Å². The highest BCUT2D eigenvalue weighted by molar-refractivity contribution is 5.85. The molecular formula is C27H36N8O4. The van der Waals surface area contributed by atoms with Crippen molar-refractivity contribution in [3.05, 3.63) is 35.9 Å². The quantitative estimate of drug-likeness (QED) is 0.458. The van der Waals surface area contributed by atoms with Crippen LogP contribution >= 0.6 is 0 Å². The van der Waals surface area contributed by atoms with Gasteiger partial charge in [0.2, 0.25) is 0 Å². The number of carbonyl (C=O) groups is 1. The first kappa shape index (κ1) is 25.6. The summed E-state index contributed by atoms with van der Waals surface area (Å²) >= 11 is 0. The Hall–Kier alpha value is -3.64. The van der Waals surface area contributed by atoms with Crippen LogP contribution in [0, 0.1) is 0 Å². The molecule has 5 heterocycles. The highest BCUT2D eigenvalue weighted by Gasteiger charge is 2.50. The van der Waals surface area contributed by atoms with Gasteiger partial charge < -0.3 is 39.6 Å². The lowest BCUT2D eigenvalue weighted by Gasteiger charge is -2.45. The van der Waals surface area contributed by atoms with Crippen LogP contribution in [0.3, 0.4) is 0 Å². The molecule has 2 saturated heterocycles. The molecule has 1 amide bonds. The Morgan fingerprint density at radius 2 is 1.74 bits per heavy atom. The van der Waals surface area contributed by atoms with Crippen LogP contribution in [0.15, 0.2) is 24.3 Å². The average Bonchev–Trinajstić information content (AvgIpc) is 3.44. The summed E-state index contributed by atoms with van der Waals surface area (Å²) in [5.41, 5.74) is 0.581. The summed E-state index contributed by atoms with van der Waals surface area (Å²) in [6, 6.07) is 8.06. The van der Waals surface area contributed by atoms with Crippen molar-refractivity contribution in [1.29, 1.82) is 0 Å². The highest BCUT2D eigenvalue weighted by atomic mass is 16.6. The van der Waals surface area contributed by atoms with E-state index in [0.717, 1.165) is 11.4 Å². The van der Waals surface area contributed by atoms with Crippen LogP contribution in [0.1, 0.15) is 45.8 Å². The van der Waals surface area contributed by atoms with Crippen molar-refractivity contribution in [3.8, 4) is 0 Å². The van der Waals surface area contributed by atoms with E-state index in [4.69, 9.17) is 24.4 Å². The lowest BCUT2D eigenvalue weighted by Crippen LogP contribution is -2.62. The van der Waals surface area contributed by atoms with Crippen LogP contribution in [0.4, 0.5) is 22.0 Å². The van der Waals surface area contributed by atoms with Gasteiger partial charge in [-0.1, -0.05) is 19.1 Å². The predicted molar refractivity (Wildman–Crippen MR) is 147 cm³/mol. The molecule has 6 rings (SSSR count). The summed E-state index contributed by atoms with van der Waals surface area (Å²) in [6.45, 7) is 10.3. The second kappa shape index (κ2) is 8.95. The molecule has 0 aliphatic carbocycles. The van der Waals surface area contributed by atoms with Gasteiger partial charge in [0.25, 0.3) is 0 Å². The van der Waals surface area contributed by atoms with Crippen molar-refractivity contribution in [2.75, 3.05) is 54.9 Å². The number of β-amino-alcohol motifs (C(OH)–C–C–N with tert-alkyl or cyclic N) is 1. The number of hydrogen-bond donors (Lipinski definition) is 3. The van der Waals surface area contributed by atoms with Gasteiger partial charge in [-0.3, -0.25) is 0 Å². The second-order valence-corrected chi connectivity index (χ2v) is 11.6. The van der Waals surface area contributed by atoms with Crippen molar-refractivity contribution in [2.45, 2.75) is 51.0 Å². The first-order chi connectivity index (χ1) is 18.5. The maximum absolute atomic E-state index is 12.5. The number of morpholine rings is 1. The fourth-order valence-corrected chi connectivity index (χ4v) is 5.47. The molecule has 0 spiro atoms. The van der Waals surface area contributed by atoms with Gasteiger partial charge in [0.1, 0.15) is 11.4 Å². The summed E-state index contributed by atoms with van der Waals surface area (Å²) in [5.74, 6) is 1.75. The largest absolute Gasteiger partial charge is 0.444 e. The van der Waals surface area contributed by atoms with E-state index in [1.165, 1.54) is 4.90 Å². The van der Waals surface area contributed by atoms with Gasteiger partial charge in [-0.25, -0.2) is 19.7 Å². The van der Waals surface area contributed by atoms with Crippen LogP contribution in [-0.4, -0.2) is 80.6 Å². The third-order valence-corrected chi connectivity index (χ3v) is 7.52. The average molecular weight is 537 g/mol. The number of nitrogens with zero attached hydrogens (tertiary/aromatic N) is 6. The zero-order valence-corrected chi connectivity index (χ0v) is 23.1. The van der Waals surface area contributed by atoms with Gasteiger partial charge in [-0.05, 0) is 39.3 Å². The molecule has 0 unspecified atom stereocenters. The number of aliphatic hydroxyl groups is 1. The Labute approximate surface area is 227 Å². The Morgan fingerprint density at radius 1 is 1.10 bits per heavy atom. The summed E-state index contributed by atoms with van der Waals surface area (Å²) in [4.78, 5) is 31.2. The number of aryl methyl sites for hydroxylation is 1. The fraction of sp³-hybridized carbons (Fsp3) is 0.556. The zero-order valence-electron chi connectivity index (χ0n) is 23.1. The molecule has 2 aromatic heterocycles. The van der Waals surface area contributed by atoms with Crippen molar-refractivity contribution in [3.63, 3.8) is 0 Å². The molecule has 12 heteroatoms. The number of fused-ring (bicyclic) bond motifs is 2. The lowest BCUT2D eigenvalue weighted by molar-refractivity contribution is -0.109. The smallest absolute Gasteiger partial charge is 0.410 e. The monoisotopic (exact) mass is 536 g/mol. The molecule has 3 aliphatic heterocycles. The first-order valence-electron chi connectivity index (χ1n) is 13.5. The summed E-state index contributed by atoms with van der Waals surface area (Å²) < 4.78 is 12.9. The number of para-hydroxylation sites is 2. The molecule has 1 aromatic carbocycles. The number of aromatic nitrogens is 4. The Bertz CT molecular complexity index is 1390. The number of anilines is 3. The Balaban J connectivity index is 1.41. The standard InChI is InChI=1S/C27H36N8O4/c1-6-27(31-17-9-7-8-10-18(17)32-27)22-29-20-19(21(30-22)34-11-13-38-14-12-34)28-23(33(20)5)26(37)15-35(16-26)24(36)39-25(2,3)4/h7-10,31-32,37H,6,11-16H2,1-5H3. The topological polar surface area (TPSA) is 130 Å². The molecule has 208 valence electrons. The minimum Gasteiger partial charge on any atom is -0.444 e. The van der Waals surface area contributed by atoms with Gasteiger partial charge in [0.05, 0.1) is 37.7 Å². The van der Waals surface area contributed by atoms with E-state index in [0.29, 0.717) is 61.4 Å². The van der Waals surface area contributed by atoms with E-state index >= 15 is 0 Å². The number of hydrogen-bond acceptors (Lipinski definition) is 10. The van der Waals surface area contributed by atoms with Crippen LogP contribution in [-0.2, 0) is 27.8 Å². The molecule has 3 aromatic rings. The Kier molecular flexibility index (Phi) is 5.88. The van der Waals surface area contributed by atoms with Gasteiger partial charge in [0, 0.05) is 20.1 Å². The molecule has 0 atom stereocenters. The van der Waals surface area contributed by atoms with Crippen LogP contribution in [0.2, 0.25) is 0 Å². The SMILES string of the molecule is CCC1(c2nc(N3CCOCC3)c3nc(C4(O)CN(C(=O)OC(C)(C)C)C4)n(C)c3n2)Nc2ccccc2N1. The van der Waals surface area contributed by atoms with Crippen molar-refractivity contribution in [2.24, 2.45) is 7.05 Å². The van der Waals surface area contributed by atoms with E-state index in [-0.39, 0.29) is 13.1 Å². The van der Waals surface area contributed by atoms with Crippen LogP contribution in [0.25, 0.3) is 11.2 Å². The number of nitrogens with one attached hydrogen (secondary N) is 2. The molecule has 12 nitrogen and oxygen atoms in total. The molecule has 3 aliphatic rings. The number of benzene rings is 1. The summed E-state index contributed by atoms with van der Waals surface area (Å²) in [5, 5.41) is 18.8. The van der Waals surface area contributed by atoms with E-state index in [1.54, 1.807) is 0 Å². The number of likely N-dealkylation sites (tertiary alicyclic amines) is 1. The van der Waals surface area contributed by atoms with Crippen molar-refractivity contribution < 1.29 is 19.4 Å². The minimum atomic E-state index is -1.32. The van der Waals surface area contributed by atoms with Crippen LogP contribution < -0.4 is 15.5 Å². The molecule has 2 fully saturated rings. The second-order valence-electron chi connectivity index (χ2n) is 11.6. The molecule has 3 N–H and O–H groups in total. The molecular weight excluding hydrogens is 500 g/mol. The molecule has 39 heavy (non-hydrogen) atoms.